The molecule has 8 nitrogen and oxygen atoms in total. The zero-order valence-electron chi connectivity index (χ0n) is 23.4. The number of ether oxygens (including phenoxy) is 5. The van der Waals surface area contributed by atoms with Gasteiger partial charge in [0.25, 0.3) is 5.56 Å². The third-order valence-corrected chi connectivity index (χ3v) is 8.18. The van der Waals surface area contributed by atoms with E-state index in [-0.39, 0.29) is 45.2 Å². The van der Waals surface area contributed by atoms with E-state index in [4.69, 9.17) is 42.1 Å². The first kappa shape index (κ1) is 30.9. The number of aromatic amines is 1. The fraction of sp³-hybridized carbons (Fsp3) is 0.419. The molecule has 3 aromatic rings. The van der Waals surface area contributed by atoms with Crippen molar-refractivity contribution >= 4 is 29.2 Å². The molecule has 1 aromatic heterocycles. The molecule has 0 aliphatic heterocycles. The van der Waals surface area contributed by atoms with Crippen LogP contribution in [-0.2, 0) is 11.2 Å². The Labute approximate surface area is 257 Å². The van der Waals surface area contributed by atoms with Gasteiger partial charge in [-0.3, -0.25) is 4.79 Å². The van der Waals surface area contributed by atoms with Gasteiger partial charge in [-0.25, -0.2) is 4.79 Å². The van der Waals surface area contributed by atoms with Crippen molar-refractivity contribution in [3.8, 4) is 23.0 Å². The van der Waals surface area contributed by atoms with Crippen LogP contribution in [0.15, 0.2) is 47.4 Å². The average Bonchev–Trinajstić information content (AvgIpc) is 3.68. The summed E-state index contributed by atoms with van der Waals surface area (Å²) in [5.74, 6) is 0.389. The number of carbonyl (C=O) groups is 1. The quantitative estimate of drug-likeness (QED) is 0.193. The average molecular weight is 638 g/mol. The summed E-state index contributed by atoms with van der Waals surface area (Å²) in [6, 6.07) is 9.03. The number of esters is 1. The largest absolute Gasteiger partial charge is 0.493 e. The van der Waals surface area contributed by atoms with Crippen molar-refractivity contribution in [3.63, 3.8) is 0 Å². The van der Waals surface area contributed by atoms with E-state index in [1.165, 1.54) is 31.5 Å². The van der Waals surface area contributed by atoms with Crippen LogP contribution in [0.3, 0.4) is 0 Å². The molecule has 1 atom stereocenters. The fourth-order valence-corrected chi connectivity index (χ4v) is 5.43. The summed E-state index contributed by atoms with van der Waals surface area (Å²) in [5.41, 5.74) is 0.334. The maximum Gasteiger partial charge on any atom is 0.387 e. The molecule has 0 saturated heterocycles. The second-order valence-corrected chi connectivity index (χ2v) is 11.4. The summed E-state index contributed by atoms with van der Waals surface area (Å²) in [7, 11) is 1.54. The van der Waals surface area contributed by atoms with E-state index in [2.05, 4.69) is 9.72 Å². The number of aromatic nitrogens is 1. The van der Waals surface area contributed by atoms with Crippen molar-refractivity contribution < 1.29 is 37.3 Å². The number of carbonyl (C=O) groups excluding carboxylic acids is 1. The Balaban J connectivity index is 1.47. The van der Waals surface area contributed by atoms with E-state index in [1.807, 2.05) is 0 Å². The monoisotopic (exact) mass is 637 g/mol. The first-order valence-corrected chi connectivity index (χ1v) is 14.8. The lowest BCUT2D eigenvalue weighted by molar-refractivity contribution is -0.0515. The number of nitrogens with one attached hydrogen (secondary N) is 1. The van der Waals surface area contributed by atoms with Crippen LogP contribution in [0.5, 0.6) is 23.0 Å². The highest BCUT2D eigenvalue weighted by Gasteiger charge is 2.27. The molecule has 2 aromatic carbocycles. The Morgan fingerprint density at radius 1 is 1.00 bits per heavy atom. The summed E-state index contributed by atoms with van der Waals surface area (Å²) in [5, 5.41) is 0.0552. The highest BCUT2D eigenvalue weighted by Crippen LogP contribution is 2.38. The van der Waals surface area contributed by atoms with E-state index in [1.54, 1.807) is 18.2 Å². The smallest absolute Gasteiger partial charge is 0.387 e. The lowest BCUT2D eigenvalue weighted by Gasteiger charge is -2.22. The first-order valence-electron chi connectivity index (χ1n) is 14.0. The van der Waals surface area contributed by atoms with Crippen LogP contribution in [0, 0.1) is 5.92 Å². The Hall–Kier alpha value is -3.50. The van der Waals surface area contributed by atoms with Crippen LogP contribution in [0.2, 0.25) is 10.0 Å². The molecule has 0 spiro atoms. The molecule has 1 unspecified atom stereocenters. The van der Waals surface area contributed by atoms with Gasteiger partial charge in [-0.05, 0) is 80.3 Å². The molecular formula is C31H31Cl2F2NO7. The third kappa shape index (κ3) is 7.92. The second kappa shape index (κ2) is 13.9. The molecular weight excluding hydrogens is 607 g/mol. The molecule has 0 amide bonds. The molecule has 2 aliphatic rings. The number of alkyl halides is 2. The number of hydrogen-bond acceptors (Lipinski definition) is 7. The number of methoxy groups -OCH3 is 1. The van der Waals surface area contributed by atoms with Crippen molar-refractivity contribution in [1.82, 2.24) is 4.98 Å². The number of pyridine rings is 1. The van der Waals surface area contributed by atoms with Gasteiger partial charge >= 0.3 is 12.6 Å². The molecule has 1 N–H and O–H groups in total. The molecule has 43 heavy (non-hydrogen) atoms. The lowest BCUT2D eigenvalue weighted by atomic mass is 10.0. The number of benzene rings is 2. The lowest BCUT2D eigenvalue weighted by Crippen LogP contribution is -2.18. The minimum absolute atomic E-state index is 0.00980. The maximum absolute atomic E-state index is 13.5. The van der Waals surface area contributed by atoms with E-state index < -0.39 is 24.2 Å². The fourth-order valence-electron chi connectivity index (χ4n) is 4.92. The number of H-pyrrole nitrogens is 1. The predicted octanol–water partition coefficient (Wildman–Crippen LogP) is 7.54. The highest BCUT2D eigenvalue weighted by molar-refractivity contribution is 6.35. The van der Waals surface area contributed by atoms with Crippen molar-refractivity contribution in [2.24, 2.45) is 5.92 Å². The second-order valence-electron chi connectivity index (χ2n) is 10.6. The van der Waals surface area contributed by atoms with Crippen LogP contribution in [0.4, 0.5) is 8.78 Å². The van der Waals surface area contributed by atoms with E-state index in [9.17, 15) is 18.4 Å². The predicted molar refractivity (Wildman–Crippen MR) is 156 cm³/mol. The highest BCUT2D eigenvalue weighted by atomic mass is 35.5. The van der Waals surface area contributed by atoms with Gasteiger partial charge in [-0.1, -0.05) is 29.3 Å². The van der Waals surface area contributed by atoms with Crippen LogP contribution in [0.1, 0.15) is 66.1 Å². The van der Waals surface area contributed by atoms with Crippen molar-refractivity contribution in [1.29, 1.82) is 0 Å². The molecule has 2 aliphatic carbocycles. The molecule has 12 heteroatoms. The van der Waals surface area contributed by atoms with Gasteiger partial charge < -0.3 is 28.7 Å². The summed E-state index contributed by atoms with van der Waals surface area (Å²) in [4.78, 5) is 28.3. The number of rotatable bonds is 13. The van der Waals surface area contributed by atoms with Crippen molar-refractivity contribution in [2.45, 2.75) is 63.8 Å². The molecule has 0 bridgehead atoms. The Morgan fingerprint density at radius 3 is 2.44 bits per heavy atom. The van der Waals surface area contributed by atoms with Crippen LogP contribution in [0.25, 0.3) is 0 Å². The van der Waals surface area contributed by atoms with Gasteiger partial charge in [-0.2, -0.15) is 8.78 Å². The zero-order chi connectivity index (χ0) is 30.5. The molecule has 1 heterocycles. The van der Waals surface area contributed by atoms with E-state index in [0.29, 0.717) is 29.6 Å². The van der Waals surface area contributed by atoms with Crippen molar-refractivity contribution in [2.75, 3.05) is 13.7 Å². The minimum atomic E-state index is -3.07. The van der Waals surface area contributed by atoms with Crippen LogP contribution >= 0.6 is 23.2 Å². The van der Waals surface area contributed by atoms with Gasteiger partial charge in [0, 0.05) is 18.2 Å². The third-order valence-electron chi connectivity index (χ3n) is 7.44. The van der Waals surface area contributed by atoms with Crippen LogP contribution in [-0.4, -0.2) is 37.4 Å². The number of hydrogen-bond donors (Lipinski definition) is 1. The Kier molecular flexibility index (Phi) is 9.97. The number of halogens is 4. The van der Waals surface area contributed by atoms with Gasteiger partial charge in [0.2, 0.25) is 0 Å². The zero-order valence-corrected chi connectivity index (χ0v) is 24.9. The molecule has 230 valence electrons. The van der Waals surface area contributed by atoms with Crippen LogP contribution < -0.4 is 24.5 Å². The van der Waals surface area contributed by atoms with Gasteiger partial charge in [0.1, 0.15) is 11.1 Å². The van der Waals surface area contributed by atoms with Crippen molar-refractivity contribution in [3.05, 3.63) is 79.7 Å². The molecule has 2 saturated carbocycles. The van der Waals surface area contributed by atoms with Gasteiger partial charge in [0.05, 0.1) is 30.4 Å². The van der Waals surface area contributed by atoms with E-state index >= 15 is 0 Å². The Bertz CT molecular complexity index is 1510. The summed E-state index contributed by atoms with van der Waals surface area (Å²) in [6.07, 6.45) is 6.27. The normalized spacial score (nSPS) is 15.8. The summed E-state index contributed by atoms with van der Waals surface area (Å²) >= 11 is 12.7. The molecule has 0 radical (unpaired) electrons. The minimum Gasteiger partial charge on any atom is -0.493 e. The first-order chi connectivity index (χ1) is 20.7. The molecule has 5 rings (SSSR count). The Morgan fingerprint density at radius 2 is 1.74 bits per heavy atom. The maximum atomic E-state index is 13.5. The van der Waals surface area contributed by atoms with E-state index in [0.717, 1.165) is 38.5 Å². The standard InChI is InChI=1S/C31H31Cl2F2NO7/c1-39-23-10-8-18(12-27(23)41-20-4-2-3-5-20)25(14-21-22(32)15-36-29(37)28(21)33)42-30(38)19-9-11-24(43-31(34)35)26(13-19)40-16-17-6-7-17/h8-13,15,17,20,25,31H,2-7,14,16H2,1H3,(H,36,37). The van der Waals surface area contributed by atoms with Gasteiger partial charge in [0.15, 0.2) is 23.0 Å². The topological polar surface area (TPSA) is 96.1 Å². The summed E-state index contributed by atoms with van der Waals surface area (Å²) < 4.78 is 54.1. The SMILES string of the molecule is COc1ccc(C(Cc2c(Cl)c[nH]c(=O)c2Cl)OC(=O)c2ccc(OC(F)F)c(OCC3CC3)c2)cc1OC1CCCC1. The van der Waals surface area contributed by atoms with Gasteiger partial charge in [-0.15, -0.1) is 0 Å². The molecule has 2 fully saturated rings. The summed E-state index contributed by atoms with van der Waals surface area (Å²) in [6.45, 7) is -2.75.